The van der Waals surface area contributed by atoms with Gasteiger partial charge in [-0.05, 0) is 18.4 Å². The number of aromatic nitrogens is 2. The molecule has 0 spiro atoms. The highest BCUT2D eigenvalue weighted by atomic mass is 16.5. The molecular formula is C14H12N4O2. The summed E-state index contributed by atoms with van der Waals surface area (Å²) >= 11 is 0. The minimum Gasteiger partial charge on any atom is -0.383 e. The van der Waals surface area contributed by atoms with Gasteiger partial charge in [-0.25, -0.2) is 4.98 Å². The highest BCUT2D eigenvalue weighted by Crippen LogP contribution is 2.20. The van der Waals surface area contributed by atoms with Gasteiger partial charge < -0.3 is 10.3 Å². The fourth-order valence-corrected chi connectivity index (χ4v) is 1.94. The van der Waals surface area contributed by atoms with Crippen LogP contribution in [0.25, 0.3) is 10.8 Å². The first-order valence-electron chi connectivity index (χ1n) is 6.03. The van der Waals surface area contributed by atoms with Crippen molar-refractivity contribution >= 4 is 28.4 Å². The summed E-state index contributed by atoms with van der Waals surface area (Å²) in [5.74, 6) is 0.210. The summed E-state index contributed by atoms with van der Waals surface area (Å²) in [4.78, 5) is 16.2. The SMILES string of the molecule is Cc1cc(NC(=O)c2cc3ccccc3c(N)n2)on1. The molecule has 0 fully saturated rings. The Hall–Kier alpha value is -2.89. The third kappa shape index (κ3) is 2.18. The van der Waals surface area contributed by atoms with Crippen molar-refractivity contribution in [2.45, 2.75) is 6.92 Å². The molecule has 3 aromatic rings. The monoisotopic (exact) mass is 268 g/mol. The average Bonchev–Trinajstić information content (AvgIpc) is 2.84. The fraction of sp³-hybridized carbons (Fsp3) is 0.0714. The van der Waals surface area contributed by atoms with Crippen molar-refractivity contribution in [3.63, 3.8) is 0 Å². The van der Waals surface area contributed by atoms with Crippen molar-refractivity contribution in [3.05, 3.63) is 47.8 Å². The van der Waals surface area contributed by atoms with E-state index >= 15 is 0 Å². The van der Waals surface area contributed by atoms with Crippen LogP contribution in [0.15, 0.2) is 40.9 Å². The highest BCUT2D eigenvalue weighted by molar-refractivity contribution is 6.05. The van der Waals surface area contributed by atoms with E-state index in [0.717, 1.165) is 10.8 Å². The first-order valence-corrected chi connectivity index (χ1v) is 6.03. The Labute approximate surface area is 114 Å². The number of nitrogens with zero attached hydrogens (tertiary/aromatic N) is 2. The molecule has 2 aromatic heterocycles. The molecule has 0 aliphatic carbocycles. The van der Waals surface area contributed by atoms with E-state index in [2.05, 4.69) is 15.5 Å². The molecule has 3 rings (SSSR count). The number of nitrogen functional groups attached to an aromatic ring is 1. The molecule has 0 saturated carbocycles. The number of amides is 1. The molecule has 0 aliphatic rings. The Morgan fingerprint density at radius 1 is 1.30 bits per heavy atom. The van der Waals surface area contributed by atoms with Crippen molar-refractivity contribution in [2.24, 2.45) is 0 Å². The minimum absolute atomic E-state index is 0.232. The van der Waals surface area contributed by atoms with E-state index < -0.39 is 5.91 Å². The molecule has 0 unspecified atom stereocenters. The lowest BCUT2D eigenvalue weighted by atomic mass is 10.1. The van der Waals surface area contributed by atoms with Crippen LogP contribution in [0.5, 0.6) is 0 Å². The highest BCUT2D eigenvalue weighted by Gasteiger charge is 2.13. The van der Waals surface area contributed by atoms with E-state index in [1.54, 1.807) is 19.1 Å². The van der Waals surface area contributed by atoms with Gasteiger partial charge in [0.1, 0.15) is 11.5 Å². The van der Waals surface area contributed by atoms with Gasteiger partial charge in [-0.3, -0.25) is 10.1 Å². The van der Waals surface area contributed by atoms with Gasteiger partial charge in [0.25, 0.3) is 5.91 Å². The topological polar surface area (TPSA) is 94.0 Å². The van der Waals surface area contributed by atoms with Crippen LogP contribution in [0.4, 0.5) is 11.7 Å². The molecule has 1 amide bonds. The number of fused-ring (bicyclic) bond motifs is 1. The number of hydrogen-bond acceptors (Lipinski definition) is 5. The second-order valence-electron chi connectivity index (χ2n) is 4.40. The van der Waals surface area contributed by atoms with Gasteiger partial charge in [0, 0.05) is 11.5 Å². The summed E-state index contributed by atoms with van der Waals surface area (Å²) in [5, 5.41) is 7.96. The van der Waals surface area contributed by atoms with E-state index in [1.165, 1.54) is 0 Å². The number of rotatable bonds is 2. The Balaban J connectivity index is 1.95. The largest absolute Gasteiger partial charge is 0.383 e. The van der Waals surface area contributed by atoms with E-state index in [-0.39, 0.29) is 11.6 Å². The Bertz CT molecular complexity index is 795. The average molecular weight is 268 g/mol. The summed E-state index contributed by atoms with van der Waals surface area (Å²) in [6.07, 6.45) is 0. The van der Waals surface area contributed by atoms with Crippen LogP contribution in [-0.4, -0.2) is 16.0 Å². The summed E-state index contributed by atoms with van der Waals surface area (Å²) in [5.41, 5.74) is 6.78. The molecule has 0 bridgehead atoms. The second kappa shape index (κ2) is 4.65. The smallest absolute Gasteiger partial charge is 0.276 e. The van der Waals surface area contributed by atoms with Crippen LogP contribution in [0, 0.1) is 6.92 Å². The standard InChI is InChI=1S/C14H12N4O2/c1-8-6-12(20-18-8)17-14(19)11-7-9-4-2-3-5-10(9)13(15)16-11/h2-7H,1H3,(H2,15,16)(H,17,19). The fourth-order valence-electron chi connectivity index (χ4n) is 1.94. The number of nitrogens with two attached hydrogens (primary N) is 1. The third-order valence-electron chi connectivity index (χ3n) is 2.87. The minimum atomic E-state index is -0.390. The Morgan fingerprint density at radius 3 is 2.85 bits per heavy atom. The van der Waals surface area contributed by atoms with Crippen LogP contribution < -0.4 is 11.1 Å². The number of benzene rings is 1. The summed E-state index contributed by atoms with van der Waals surface area (Å²) in [6.45, 7) is 1.77. The van der Waals surface area contributed by atoms with Gasteiger partial charge in [0.15, 0.2) is 0 Å². The lowest BCUT2D eigenvalue weighted by Crippen LogP contribution is -2.14. The number of hydrogen-bond donors (Lipinski definition) is 2. The van der Waals surface area contributed by atoms with Crippen LogP contribution in [0.1, 0.15) is 16.2 Å². The zero-order valence-electron chi connectivity index (χ0n) is 10.8. The summed E-state index contributed by atoms with van der Waals surface area (Å²) in [6, 6.07) is 10.8. The molecule has 100 valence electrons. The molecule has 6 heteroatoms. The Morgan fingerprint density at radius 2 is 2.10 bits per heavy atom. The van der Waals surface area contributed by atoms with Gasteiger partial charge in [-0.2, -0.15) is 0 Å². The normalized spacial score (nSPS) is 10.7. The first-order chi connectivity index (χ1) is 9.63. The number of pyridine rings is 1. The van der Waals surface area contributed by atoms with Gasteiger partial charge in [0.2, 0.25) is 5.88 Å². The maximum Gasteiger partial charge on any atom is 0.276 e. The molecule has 6 nitrogen and oxygen atoms in total. The first kappa shape index (κ1) is 12.2. The predicted octanol–water partition coefficient (Wildman–Crippen LogP) is 2.37. The number of anilines is 2. The molecule has 0 saturated heterocycles. The molecular weight excluding hydrogens is 256 g/mol. The van der Waals surface area contributed by atoms with Crippen LogP contribution in [-0.2, 0) is 0 Å². The molecule has 0 radical (unpaired) electrons. The zero-order chi connectivity index (χ0) is 14.1. The molecule has 3 N–H and O–H groups in total. The Kier molecular flexibility index (Phi) is 2.83. The number of carbonyl (C=O) groups excluding carboxylic acids is 1. The zero-order valence-corrected chi connectivity index (χ0v) is 10.8. The number of nitrogens with one attached hydrogen (secondary N) is 1. The van der Waals surface area contributed by atoms with Crippen molar-refractivity contribution in [2.75, 3.05) is 11.1 Å². The lowest BCUT2D eigenvalue weighted by molar-refractivity contribution is 0.101. The lowest BCUT2D eigenvalue weighted by Gasteiger charge is -2.05. The van der Waals surface area contributed by atoms with E-state index in [1.807, 2.05) is 24.3 Å². The third-order valence-corrected chi connectivity index (χ3v) is 2.87. The maximum absolute atomic E-state index is 12.1. The van der Waals surface area contributed by atoms with Gasteiger partial charge >= 0.3 is 0 Å². The maximum atomic E-state index is 12.1. The van der Waals surface area contributed by atoms with Gasteiger partial charge in [-0.1, -0.05) is 29.4 Å². The van der Waals surface area contributed by atoms with E-state index in [0.29, 0.717) is 11.5 Å². The number of aryl methyl sites for hydroxylation is 1. The molecule has 1 aromatic carbocycles. The van der Waals surface area contributed by atoms with Crippen LogP contribution in [0.3, 0.4) is 0 Å². The van der Waals surface area contributed by atoms with Gasteiger partial charge in [-0.15, -0.1) is 0 Å². The second-order valence-corrected chi connectivity index (χ2v) is 4.40. The molecule has 20 heavy (non-hydrogen) atoms. The molecule has 0 atom stereocenters. The molecule has 2 heterocycles. The van der Waals surface area contributed by atoms with Crippen molar-refractivity contribution in [1.29, 1.82) is 0 Å². The predicted molar refractivity (Wildman–Crippen MR) is 75.3 cm³/mol. The van der Waals surface area contributed by atoms with Gasteiger partial charge in [0.05, 0.1) is 5.69 Å². The van der Waals surface area contributed by atoms with E-state index in [9.17, 15) is 4.79 Å². The van der Waals surface area contributed by atoms with Crippen molar-refractivity contribution in [1.82, 2.24) is 10.1 Å². The molecule has 0 aliphatic heterocycles. The summed E-state index contributed by atoms with van der Waals surface area (Å²) < 4.78 is 4.93. The summed E-state index contributed by atoms with van der Waals surface area (Å²) in [7, 11) is 0. The number of carbonyl (C=O) groups is 1. The van der Waals surface area contributed by atoms with Crippen molar-refractivity contribution < 1.29 is 9.32 Å². The van der Waals surface area contributed by atoms with E-state index in [4.69, 9.17) is 10.3 Å². The van der Waals surface area contributed by atoms with Crippen LogP contribution >= 0.6 is 0 Å². The van der Waals surface area contributed by atoms with Crippen LogP contribution in [0.2, 0.25) is 0 Å². The van der Waals surface area contributed by atoms with Crippen molar-refractivity contribution in [3.8, 4) is 0 Å². The quantitative estimate of drug-likeness (QED) is 0.744.